The number of alkyl halides is 3. The average Bonchev–Trinajstić information content (AvgIpc) is 2.37. The zero-order chi connectivity index (χ0) is 16.0. The number of nitrogens with one attached hydrogen (secondary N) is 1. The first-order chi connectivity index (χ1) is 9.77. The molecule has 0 aliphatic carbocycles. The Morgan fingerprint density at radius 3 is 2.67 bits per heavy atom. The molecule has 21 heavy (non-hydrogen) atoms. The molecular weight excluding hydrogens is 292 g/mol. The van der Waals surface area contributed by atoms with Gasteiger partial charge >= 0.3 is 6.18 Å². The molecule has 0 aromatic heterocycles. The number of hydrogen-bond acceptors (Lipinski definition) is 3. The lowest BCUT2D eigenvalue weighted by molar-refractivity contribution is -0.140. The van der Waals surface area contributed by atoms with Gasteiger partial charge in [-0.05, 0) is 18.6 Å². The molecule has 1 atom stereocenters. The number of methoxy groups -OCH3 is 1. The number of halogens is 4. The van der Waals surface area contributed by atoms with E-state index in [2.05, 4.69) is 5.32 Å². The van der Waals surface area contributed by atoms with Crippen LogP contribution in [0.3, 0.4) is 0 Å². The second kappa shape index (κ2) is 7.37. The number of carbonyl (C=O) groups is 1. The Morgan fingerprint density at radius 1 is 1.43 bits per heavy atom. The summed E-state index contributed by atoms with van der Waals surface area (Å²) in [6, 6.07) is 2.24. The minimum atomic E-state index is -4.85. The van der Waals surface area contributed by atoms with Crippen molar-refractivity contribution in [1.82, 2.24) is 5.32 Å². The second-order valence-electron chi connectivity index (χ2n) is 4.42. The molecule has 0 bridgehead atoms. The van der Waals surface area contributed by atoms with Gasteiger partial charge in [0.05, 0.1) is 17.7 Å². The summed E-state index contributed by atoms with van der Waals surface area (Å²) >= 11 is 0. The molecule has 1 unspecified atom stereocenters. The molecule has 0 aliphatic heterocycles. The number of hydrogen-bond donors (Lipinski definition) is 2. The van der Waals surface area contributed by atoms with Gasteiger partial charge in [-0.25, -0.2) is 4.39 Å². The predicted molar refractivity (Wildman–Crippen MR) is 68.2 cm³/mol. The molecule has 1 amide bonds. The van der Waals surface area contributed by atoms with Crippen molar-refractivity contribution in [3.8, 4) is 0 Å². The van der Waals surface area contributed by atoms with Crippen LogP contribution < -0.4 is 11.1 Å². The molecule has 1 rings (SSSR count). The van der Waals surface area contributed by atoms with E-state index in [1.54, 1.807) is 0 Å². The molecule has 0 aliphatic rings. The van der Waals surface area contributed by atoms with E-state index in [9.17, 15) is 22.4 Å². The summed E-state index contributed by atoms with van der Waals surface area (Å²) in [5, 5.41) is 2.33. The molecule has 0 fully saturated rings. The van der Waals surface area contributed by atoms with Crippen LogP contribution in [0.4, 0.5) is 17.6 Å². The highest BCUT2D eigenvalue weighted by molar-refractivity contribution is 5.94. The molecule has 1 aromatic rings. The molecule has 4 nitrogen and oxygen atoms in total. The highest BCUT2D eigenvalue weighted by Gasteiger charge is 2.35. The van der Waals surface area contributed by atoms with Gasteiger partial charge in [0.1, 0.15) is 5.82 Å². The number of amides is 1. The molecule has 0 radical (unpaired) electrons. The van der Waals surface area contributed by atoms with E-state index in [0.717, 1.165) is 12.1 Å². The van der Waals surface area contributed by atoms with E-state index in [1.165, 1.54) is 7.11 Å². The highest BCUT2D eigenvalue weighted by atomic mass is 19.4. The summed E-state index contributed by atoms with van der Waals surface area (Å²) in [6.07, 6.45) is -4.48. The van der Waals surface area contributed by atoms with Crippen molar-refractivity contribution in [3.05, 3.63) is 35.1 Å². The van der Waals surface area contributed by atoms with Crippen LogP contribution in [-0.2, 0) is 10.9 Å². The van der Waals surface area contributed by atoms with Crippen molar-refractivity contribution >= 4 is 5.91 Å². The van der Waals surface area contributed by atoms with E-state index < -0.39 is 29.0 Å². The third-order valence-corrected chi connectivity index (χ3v) is 2.73. The maximum Gasteiger partial charge on any atom is 0.419 e. The molecule has 8 heteroatoms. The molecule has 1 aromatic carbocycles. The third kappa shape index (κ3) is 4.98. The van der Waals surface area contributed by atoms with Crippen molar-refractivity contribution in [3.63, 3.8) is 0 Å². The minimum Gasteiger partial charge on any atom is -0.383 e. The van der Waals surface area contributed by atoms with Gasteiger partial charge in [0.25, 0.3) is 5.91 Å². The van der Waals surface area contributed by atoms with Crippen molar-refractivity contribution in [2.24, 2.45) is 5.73 Å². The summed E-state index contributed by atoms with van der Waals surface area (Å²) in [7, 11) is 1.47. The molecule has 0 spiro atoms. The van der Waals surface area contributed by atoms with E-state index in [-0.39, 0.29) is 19.2 Å². The second-order valence-corrected chi connectivity index (χ2v) is 4.42. The third-order valence-electron chi connectivity index (χ3n) is 2.73. The lowest BCUT2D eigenvalue weighted by atomic mass is 10.1. The van der Waals surface area contributed by atoms with E-state index >= 15 is 0 Å². The quantitative estimate of drug-likeness (QED) is 0.789. The fraction of sp³-hybridized carbons (Fsp3) is 0.462. The number of carbonyl (C=O) groups excluding carboxylic acids is 1. The monoisotopic (exact) mass is 308 g/mol. The smallest absolute Gasteiger partial charge is 0.383 e. The fourth-order valence-corrected chi connectivity index (χ4v) is 1.69. The van der Waals surface area contributed by atoms with Gasteiger partial charge in [0, 0.05) is 19.7 Å². The standard InChI is InChI=1S/C13H16F4N2O2/c1-21-7-8(18)5-6-19-12(20)9-3-2-4-10(11(9)14)13(15,16)17/h2-4,8H,5-7,18H2,1H3,(H,19,20). The Labute approximate surface area is 119 Å². The van der Waals surface area contributed by atoms with Crippen LogP contribution in [0.5, 0.6) is 0 Å². The number of benzene rings is 1. The zero-order valence-corrected chi connectivity index (χ0v) is 11.3. The van der Waals surface area contributed by atoms with E-state index in [0.29, 0.717) is 12.5 Å². The van der Waals surface area contributed by atoms with Crippen LogP contribution in [0, 0.1) is 5.82 Å². The number of ether oxygens (including phenoxy) is 1. The highest BCUT2D eigenvalue weighted by Crippen LogP contribution is 2.32. The van der Waals surface area contributed by atoms with Crippen LogP contribution in [0.15, 0.2) is 18.2 Å². The van der Waals surface area contributed by atoms with Gasteiger partial charge < -0.3 is 15.8 Å². The van der Waals surface area contributed by atoms with Gasteiger partial charge in [-0.3, -0.25) is 4.79 Å². The molecule has 0 saturated carbocycles. The maximum atomic E-state index is 13.7. The van der Waals surface area contributed by atoms with Gasteiger partial charge in [0.2, 0.25) is 0 Å². The van der Waals surface area contributed by atoms with Crippen LogP contribution in [0.2, 0.25) is 0 Å². The Balaban J connectivity index is 2.71. The van der Waals surface area contributed by atoms with Crippen LogP contribution in [0.25, 0.3) is 0 Å². The molecular formula is C13H16F4N2O2. The lowest BCUT2D eigenvalue weighted by Crippen LogP contribution is -2.33. The van der Waals surface area contributed by atoms with Gasteiger partial charge in [-0.1, -0.05) is 6.07 Å². The molecule has 0 saturated heterocycles. The van der Waals surface area contributed by atoms with Crippen LogP contribution >= 0.6 is 0 Å². The lowest BCUT2D eigenvalue weighted by Gasteiger charge is -2.13. The molecule has 0 heterocycles. The number of rotatable bonds is 6. The summed E-state index contributed by atoms with van der Waals surface area (Å²) in [5.74, 6) is -2.49. The Kier molecular flexibility index (Phi) is 6.10. The van der Waals surface area contributed by atoms with Crippen molar-refractivity contribution in [2.45, 2.75) is 18.6 Å². The first kappa shape index (κ1) is 17.4. The Bertz CT molecular complexity index is 492. The molecule has 3 N–H and O–H groups in total. The van der Waals surface area contributed by atoms with Crippen LogP contribution in [-0.4, -0.2) is 32.2 Å². The largest absolute Gasteiger partial charge is 0.419 e. The van der Waals surface area contributed by atoms with Crippen molar-refractivity contribution < 1.29 is 27.1 Å². The topological polar surface area (TPSA) is 64.3 Å². The normalized spacial score (nSPS) is 13.0. The van der Waals surface area contributed by atoms with Crippen molar-refractivity contribution in [1.29, 1.82) is 0 Å². The van der Waals surface area contributed by atoms with E-state index in [4.69, 9.17) is 10.5 Å². The molecule has 118 valence electrons. The zero-order valence-electron chi connectivity index (χ0n) is 11.3. The first-order valence-corrected chi connectivity index (χ1v) is 6.15. The summed E-state index contributed by atoms with van der Waals surface area (Å²) in [4.78, 5) is 11.7. The van der Waals surface area contributed by atoms with Crippen LogP contribution in [0.1, 0.15) is 22.3 Å². The van der Waals surface area contributed by atoms with E-state index in [1.807, 2.05) is 0 Å². The SMILES string of the molecule is COCC(N)CCNC(=O)c1cccc(C(F)(F)F)c1F. The average molecular weight is 308 g/mol. The number of nitrogens with two attached hydrogens (primary N) is 1. The Hall–Kier alpha value is -1.67. The van der Waals surface area contributed by atoms with Gasteiger partial charge in [-0.2, -0.15) is 13.2 Å². The minimum absolute atomic E-state index is 0.110. The summed E-state index contributed by atoms with van der Waals surface area (Å²) < 4.78 is 56.1. The van der Waals surface area contributed by atoms with Gasteiger partial charge in [0.15, 0.2) is 0 Å². The van der Waals surface area contributed by atoms with Gasteiger partial charge in [-0.15, -0.1) is 0 Å². The fourth-order valence-electron chi connectivity index (χ4n) is 1.69. The summed E-state index contributed by atoms with van der Waals surface area (Å²) in [5.41, 5.74) is 3.51. The maximum absolute atomic E-state index is 13.7. The first-order valence-electron chi connectivity index (χ1n) is 6.15. The predicted octanol–water partition coefficient (Wildman–Crippen LogP) is 1.94. The summed E-state index contributed by atoms with van der Waals surface area (Å²) in [6.45, 7) is 0.396. The van der Waals surface area contributed by atoms with Crippen molar-refractivity contribution in [2.75, 3.05) is 20.3 Å². The Morgan fingerprint density at radius 2 is 2.10 bits per heavy atom.